The smallest absolute Gasteiger partial charge is 0.241 e. The number of hydrogen-bond donors (Lipinski definition) is 1. The van der Waals surface area contributed by atoms with E-state index < -0.39 is 0 Å². The van der Waals surface area contributed by atoms with Crippen LogP contribution in [-0.2, 0) is 17.8 Å². The van der Waals surface area contributed by atoms with Crippen LogP contribution in [0.1, 0.15) is 44.1 Å². The van der Waals surface area contributed by atoms with Gasteiger partial charge in [0.15, 0.2) is 0 Å². The summed E-state index contributed by atoms with van der Waals surface area (Å²) in [6.07, 6.45) is 4.35. The summed E-state index contributed by atoms with van der Waals surface area (Å²) in [4.78, 5) is 19.3. The topological polar surface area (TPSA) is 80.5 Å². The first-order valence-corrected chi connectivity index (χ1v) is 12.4. The summed E-state index contributed by atoms with van der Waals surface area (Å²) < 4.78 is 24.3. The largest absolute Gasteiger partial charge is 0.493 e. The molecule has 0 bridgehead atoms. The zero-order valence-corrected chi connectivity index (χ0v) is 20.2. The van der Waals surface area contributed by atoms with Crippen LogP contribution in [0.2, 0.25) is 0 Å². The van der Waals surface area contributed by atoms with E-state index in [1.165, 1.54) is 17.7 Å². The Bertz CT molecular complexity index is 1080. The molecule has 1 aliphatic rings. The van der Waals surface area contributed by atoms with E-state index in [4.69, 9.17) is 9.26 Å². The number of carbonyl (C=O) groups excluding carboxylic acids is 1. The highest BCUT2D eigenvalue weighted by atomic mass is 19.1. The maximum absolute atomic E-state index is 13.1. The standard InChI is InChI=1S/C27H33FN4O3/c1-2-18-34-24-8-4-3-6-20(24)7-5-15-29-27(33)22-13-16-32(17-14-22)19-25-30-26(31-35-25)21-9-11-23(28)12-10-21/h3-4,6,8-12,22H,2,5,7,13-19H2,1H3,(H,29,33). The Morgan fingerprint density at radius 2 is 1.94 bits per heavy atom. The summed E-state index contributed by atoms with van der Waals surface area (Å²) in [6, 6.07) is 14.1. The molecule has 2 aromatic carbocycles. The minimum Gasteiger partial charge on any atom is -0.493 e. The maximum atomic E-state index is 13.1. The van der Waals surface area contributed by atoms with Crippen LogP contribution in [0.3, 0.4) is 0 Å². The number of benzene rings is 2. The molecular weight excluding hydrogens is 447 g/mol. The van der Waals surface area contributed by atoms with Crippen molar-refractivity contribution in [1.29, 1.82) is 0 Å². The molecule has 2 heterocycles. The predicted octanol–water partition coefficient (Wildman–Crippen LogP) is 4.63. The molecule has 0 atom stereocenters. The Morgan fingerprint density at radius 1 is 1.17 bits per heavy atom. The fourth-order valence-electron chi connectivity index (χ4n) is 4.28. The van der Waals surface area contributed by atoms with Gasteiger partial charge in [0.1, 0.15) is 11.6 Å². The second-order valence-electron chi connectivity index (χ2n) is 8.92. The number of carbonyl (C=O) groups is 1. The molecule has 8 heteroatoms. The van der Waals surface area contributed by atoms with E-state index in [9.17, 15) is 9.18 Å². The summed E-state index contributed by atoms with van der Waals surface area (Å²) in [5.41, 5.74) is 1.90. The predicted molar refractivity (Wildman–Crippen MR) is 131 cm³/mol. The van der Waals surface area contributed by atoms with Crippen LogP contribution < -0.4 is 10.1 Å². The molecule has 0 radical (unpaired) electrons. The quantitative estimate of drug-likeness (QED) is 0.403. The minimum atomic E-state index is -0.299. The van der Waals surface area contributed by atoms with E-state index in [2.05, 4.69) is 33.3 Å². The van der Waals surface area contributed by atoms with Crippen molar-refractivity contribution < 1.29 is 18.4 Å². The number of likely N-dealkylation sites (tertiary alicyclic amines) is 1. The van der Waals surface area contributed by atoms with Crippen molar-refractivity contribution in [3.05, 3.63) is 65.8 Å². The van der Waals surface area contributed by atoms with Crippen LogP contribution in [0.5, 0.6) is 5.75 Å². The maximum Gasteiger partial charge on any atom is 0.241 e. The normalized spacial score (nSPS) is 14.7. The molecule has 1 aliphatic heterocycles. The van der Waals surface area contributed by atoms with Gasteiger partial charge in [0.25, 0.3) is 0 Å². The zero-order valence-electron chi connectivity index (χ0n) is 20.2. The first-order valence-electron chi connectivity index (χ1n) is 12.4. The lowest BCUT2D eigenvalue weighted by Crippen LogP contribution is -2.40. The third-order valence-corrected chi connectivity index (χ3v) is 6.24. The Hall–Kier alpha value is -3.26. The first kappa shape index (κ1) is 24.9. The molecule has 7 nitrogen and oxygen atoms in total. The highest BCUT2D eigenvalue weighted by Crippen LogP contribution is 2.22. The molecule has 3 aromatic rings. The van der Waals surface area contributed by atoms with Gasteiger partial charge in [-0.1, -0.05) is 30.3 Å². The van der Waals surface area contributed by atoms with Crippen LogP contribution in [-0.4, -0.2) is 47.2 Å². The van der Waals surface area contributed by atoms with Crippen molar-refractivity contribution in [2.45, 2.75) is 45.6 Å². The minimum absolute atomic E-state index is 0.0314. The fraction of sp³-hybridized carbons (Fsp3) is 0.444. The number of hydrogen-bond acceptors (Lipinski definition) is 6. The zero-order chi connectivity index (χ0) is 24.5. The van der Waals surface area contributed by atoms with Gasteiger partial charge in [-0.05, 0) is 81.1 Å². The lowest BCUT2D eigenvalue weighted by Gasteiger charge is -2.30. The van der Waals surface area contributed by atoms with E-state index in [0.29, 0.717) is 37.0 Å². The second-order valence-corrected chi connectivity index (χ2v) is 8.92. The number of rotatable bonds is 11. The lowest BCUT2D eigenvalue weighted by atomic mass is 9.96. The Morgan fingerprint density at radius 3 is 2.71 bits per heavy atom. The fourth-order valence-corrected chi connectivity index (χ4v) is 4.28. The Labute approximate surface area is 205 Å². The summed E-state index contributed by atoms with van der Waals surface area (Å²) in [5.74, 6) is 1.79. The molecular formula is C27H33FN4O3. The summed E-state index contributed by atoms with van der Waals surface area (Å²) >= 11 is 0. The van der Waals surface area contributed by atoms with Gasteiger partial charge in [0, 0.05) is 18.0 Å². The average Bonchev–Trinajstić information content (AvgIpc) is 3.35. The van der Waals surface area contributed by atoms with Gasteiger partial charge in [-0.15, -0.1) is 0 Å². The van der Waals surface area contributed by atoms with Gasteiger partial charge in [0.05, 0.1) is 13.2 Å². The third-order valence-electron chi connectivity index (χ3n) is 6.24. The second kappa shape index (κ2) is 12.4. The van der Waals surface area contributed by atoms with Gasteiger partial charge in [-0.3, -0.25) is 9.69 Å². The molecule has 0 aliphatic carbocycles. The summed E-state index contributed by atoms with van der Waals surface area (Å²) in [5, 5.41) is 7.11. The molecule has 1 aromatic heterocycles. The first-order chi connectivity index (χ1) is 17.1. The van der Waals surface area contributed by atoms with Gasteiger partial charge in [0.2, 0.25) is 17.6 Å². The van der Waals surface area contributed by atoms with Crippen molar-refractivity contribution in [1.82, 2.24) is 20.4 Å². The van der Waals surface area contributed by atoms with Gasteiger partial charge < -0.3 is 14.6 Å². The molecule has 0 saturated carbocycles. The van der Waals surface area contributed by atoms with Crippen LogP contribution in [0, 0.1) is 11.7 Å². The number of para-hydroxylation sites is 1. The highest BCUT2D eigenvalue weighted by Gasteiger charge is 2.25. The Kier molecular flexibility index (Phi) is 8.84. The highest BCUT2D eigenvalue weighted by molar-refractivity contribution is 5.78. The number of nitrogens with zero attached hydrogens (tertiary/aromatic N) is 3. The number of halogens is 1. The number of amides is 1. The van der Waals surface area contributed by atoms with E-state index >= 15 is 0 Å². The number of piperidine rings is 1. The molecule has 0 unspecified atom stereocenters. The number of ether oxygens (including phenoxy) is 1. The van der Waals surface area contributed by atoms with Crippen LogP contribution in [0.15, 0.2) is 53.1 Å². The molecule has 186 valence electrons. The van der Waals surface area contributed by atoms with Crippen molar-refractivity contribution >= 4 is 5.91 Å². The van der Waals surface area contributed by atoms with E-state index in [1.807, 2.05) is 18.2 Å². The number of aromatic nitrogens is 2. The SMILES string of the molecule is CCCOc1ccccc1CCCNC(=O)C1CCN(Cc2nc(-c3ccc(F)cc3)no2)CC1. The van der Waals surface area contributed by atoms with E-state index in [0.717, 1.165) is 50.9 Å². The van der Waals surface area contributed by atoms with Crippen LogP contribution >= 0.6 is 0 Å². The lowest BCUT2D eigenvalue weighted by molar-refractivity contribution is -0.126. The van der Waals surface area contributed by atoms with Crippen LogP contribution in [0.25, 0.3) is 11.4 Å². The molecule has 0 spiro atoms. The molecule has 1 amide bonds. The van der Waals surface area contributed by atoms with E-state index in [-0.39, 0.29) is 17.6 Å². The molecule has 1 N–H and O–H groups in total. The Balaban J connectivity index is 1.16. The average molecular weight is 481 g/mol. The molecule has 1 fully saturated rings. The number of aryl methyl sites for hydroxylation is 1. The number of nitrogens with one attached hydrogen (secondary N) is 1. The van der Waals surface area contributed by atoms with Gasteiger partial charge in [-0.25, -0.2) is 4.39 Å². The van der Waals surface area contributed by atoms with Crippen molar-refractivity contribution in [3.8, 4) is 17.1 Å². The van der Waals surface area contributed by atoms with Crippen molar-refractivity contribution in [3.63, 3.8) is 0 Å². The van der Waals surface area contributed by atoms with Crippen LogP contribution in [0.4, 0.5) is 4.39 Å². The molecule has 4 rings (SSSR count). The summed E-state index contributed by atoms with van der Waals surface area (Å²) in [6.45, 7) is 5.62. The third kappa shape index (κ3) is 7.11. The van der Waals surface area contributed by atoms with E-state index in [1.54, 1.807) is 12.1 Å². The monoisotopic (exact) mass is 480 g/mol. The van der Waals surface area contributed by atoms with Crippen molar-refractivity contribution in [2.24, 2.45) is 5.92 Å². The molecule has 35 heavy (non-hydrogen) atoms. The van der Waals surface area contributed by atoms with Gasteiger partial charge >= 0.3 is 0 Å². The molecule has 1 saturated heterocycles. The summed E-state index contributed by atoms with van der Waals surface area (Å²) in [7, 11) is 0. The van der Waals surface area contributed by atoms with Crippen molar-refractivity contribution in [2.75, 3.05) is 26.2 Å². The van der Waals surface area contributed by atoms with Gasteiger partial charge in [-0.2, -0.15) is 4.98 Å².